The molecule has 3 rings (SSSR count). The van der Waals surface area contributed by atoms with Crippen molar-refractivity contribution in [2.24, 2.45) is 0 Å². The van der Waals surface area contributed by atoms with Crippen molar-refractivity contribution in [2.75, 3.05) is 22.1 Å². The highest BCUT2D eigenvalue weighted by Crippen LogP contribution is 2.28. The first kappa shape index (κ1) is 17.1. The van der Waals surface area contributed by atoms with Gasteiger partial charge < -0.3 is 15.5 Å². The molecule has 0 radical (unpaired) electrons. The number of aryl methyl sites for hydroxylation is 1. The van der Waals surface area contributed by atoms with Crippen LogP contribution in [0.2, 0.25) is 0 Å². The summed E-state index contributed by atoms with van der Waals surface area (Å²) in [7, 11) is 0. The number of para-hydroxylation sites is 1. The number of amides is 2. The smallest absolute Gasteiger partial charge is 0.327 e. The first-order valence-corrected chi connectivity index (χ1v) is 8.05. The van der Waals surface area contributed by atoms with E-state index in [9.17, 15) is 9.90 Å². The molecule has 1 unspecified atom stereocenters. The first-order chi connectivity index (χ1) is 12.0. The molecule has 0 aliphatic carbocycles. The van der Waals surface area contributed by atoms with Crippen molar-refractivity contribution in [1.82, 2.24) is 9.97 Å². The van der Waals surface area contributed by atoms with E-state index in [1.807, 2.05) is 31.2 Å². The van der Waals surface area contributed by atoms with Crippen LogP contribution in [0.25, 0.3) is 0 Å². The summed E-state index contributed by atoms with van der Waals surface area (Å²) in [6.45, 7) is 3.68. The molecule has 8 nitrogen and oxygen atoms in total. The third-order valence-electron chi connectivity index (χ3n) is 4.19. The van der Waals surface area contributed by atoms with Crippen molar-refractivity contribution >= 4 is 23.5 Å². The topological polar surface area (TPSA) is 111 Å². The van der Waals surface area contributed by atoms with Crippen molar-refractivity contribution < 1.29 is 15.0 Å². The number of urea groups is 1. The van der Waals surface area contributed by atoms with Crippen molar-refractivity contribution in [3.63, 3.8) is 0 Å². The Labute approximate surface area is 145 Å². The lowest BCUT2D eigenvalue weighted by Crippen LogP contribution is -2.40. The molecular weight excluding hydrogens is 322 g/mol. The van der Waals surface area contributed by atoms with E-state index >= 15 is 0 Å². The molecule has 25 heavy (non-hydrogen) atoms. The van der Waals surface area contributed by atoms with Crippen LogP contribution in [0.1, 0.15) is 18.1 Å². The molecule has 0 saturated carbocycles. The van der Waals surface area contributed by atoms with Crippen molar-refractivity contribution in [3.8, 4) is 0 Å². The summed E-state index contributed by atoms with van der Waals surface area (Å²) in [6, 6.07) is 6.99. The van der Waals surface area contributed by atoms with Crippen LogP contribution in [0, 0.1) is 6.92 Å². The van der Waals surface area contributed by atoms with E-state index < -0.39 is 12.1 Å². The number of nitrogens with zero attached hydrogens (tertiary/aromatic N) is 3. The van der Waals surface area contributed by atoms with E-state index in [2.05, 4.69) is 20.6 Å². The zero-order chi connectivity index (χ0) is 18.0. The number of nitrogens with one attached hydrogen (secondary N) is 2. The quantitative estimate of drug-likeness (QED) is 0.655. The highest BCUT2D eigenvalue weighted by Gasteiger charge is 2.26. The highest BCUT2D eigenvalue weighted by atomic mass is 16.3. The summed E-state index contributed by atoms with van der Waals surface area (Å²) >= 11 is 0. The largest absolute Gasteiger partial charge is 0.394 e. The Morgan fingerprint density at radius 3 is 2.88 bits per heavy atom. The second-order valence-electron chi connectivity index (χ2n) is 6.05. The highest BCUT2D eigenvalue weighted by molar-refractivity contribution is 6.04. The number of carbonyl (C=O) groups is 1. The fourth-order valence-electron chi connectivity index (χ4n) is 2.63. The number of fused-ring (bicyclic) bond motifs is 1. The Balaban J connectivity index is 1.81. The molecule has 8 heteroatoms. The van der Waals surface area contributed by atoms with Gasteiger partial charge in [-0.2, -0.15) is 4.98 Å². The molecule has 2 aromatic rings. The van der Waals surface area contributed by atoms with Gasteiger partial charge in [-0.3, -0.25) is 10.2 Å². The van der Waals surface area contributed by atoms with E-state index in [4.69, 9.17) is 5.11 Å². The van der Waals surface area contributed by atoms with Crippen LogP contribution >= 0.6 is 0 Å². The van der Waals surface area contributed by atoms with Crippen molar-refractivity contribution in [1.29, 1.82) is 0 Å². The Kier molecular flexibility index (Phi) is 4.82. The lowest BCUT2D eigenvalue weighted by atomic mass is 10.1. The average molecular weight is 343 g/mol. The molecule has 2 heterocycles. The van der Waals surface area contributed by atoms with Crippen LogP contribution in [0.4, 0.5) is 22.2 Å². The SMILES string of the molecule is Cc1ccccc1N1Cc2cnc(NC(C)[C@@H](O)CO)nc2NC1=O. The van der Waals surface area contributed by atoms with E-state index in [0.29, 0.717) is 12.4 Å². The maximum Gasteiger partial charge on any atom is 0.327 e. The molecule has 1 aromatic heterocycles. The lowest BCUT2D eigenvalue weighted by molar-refractivity contribution is 0.0837. The van der Waals surface area contributed by atoms with Crippen molar-refractivity contribution in [3.05, 3.63) is 41.6 Å². The Hall–Kier alpha value is -2.71. The summed E-state index contributed by atoms with van der Waals surface area (Å²) in [5, 5.41) is 24.3. The summed E-state index contributed by atoms with van der Waals surface area (Å²) in [5.74, 6) is 0.724. The molecule has 0 fully saturated rings. The minimum absolute atomic E-state index is 0.255. The molecule has 1 aliphatic heterocycles. The predicted molar refractivity (Wildman–Crippen MR) is 94.6 cm³/mol. The molecular formula is C17H21N5O3. The molecule has 1 aromatic carbocycles. The maximum absolute atomic E-state index is 12.5. The zero-order valence-corrected chi connectivity index (χ0v) is 14.1. The normalized spacial score (nSPS) is 16.0. The van der Waals surface area contributed by atoms with E-state index in [1.165, 1.54) is 0 Å². The van der Waals surface area contributed by atoms with Crippen LogP contribution in [0.3, 0.4) is 0 Å². The zero-order valence-electron chi connectivity index (χ0n) is 14.1. The number of carbonyl (C=O) groups excluding carboxylic acids is 1. The summed E-state index contributed by atoms with van der Waals surface area (Å²) in [5.41, 5.74) is 2.64. The number of hydrogen-bond acceptors (Lipinski definition) is 6. The molecule has 132 valence electrons. The lowest BCUT2D eigenvalue weighted by Gasteiger charge is -2.30. The number of aromatic nitrogens is 2. The maximum atomic E-state index is 12.5. The number of anilines is 3. The number of aliphatic hydroxyl groups excluding tert-OH is 2. The fraction of sp³-hybridized carbons (Fsp3) is 0.353. The Bertz CT molecular complexity index is 783. The number of rotatable bonds is 5. The van der Waals surface area contributed by atoms with Gasteiger partial charge in [0.2, 0.25) is 5.95 Å². The number of hydrogen-bond donors (Lipinski definition) is 4. The number of benzene rings is 1. The van der Waals surface area contributed by atoms with Gasteiger partial charge in [0.05, 0.1) is 25.3 Å². The van der Waals surface area contributed by atoms with Gasteiger partial charge in [-0.1, -0.05) is 18.2 Å². The fourth-order valence-corrected chi connectivity index (χ4v) is 2.63. The van der Waals surface area contributed by atoms with E-state index in [-0.39, 0.29) is 18.6 Å². The minimum atomic E-state index is -0.925. The molecule has 2 amide bonds. The molecule has 1 aliphatic rings. The Morgan fingerprint density at radius 2 is 2.16 bits per heavy atom. The molecule has 0 saturated heterocycles. The second kappa shape index (κ2) is 7.04. The molecule has 4 N–H and O–H groups in total. The first-order valence-electron chi connectivity index (χ1n) is 8.05. The predicted octanol–water partition coefficient (Wildman–Crippen LogP) is 1.49. The van der Waals surface area contributed by atoms with Gasteiger partial charge in [0.15, 0.2) is 0 Å². The summed E-state index contributed by atoms with van der Waals surface area (Å²) in [6.07, 6.45) is 0.721. The van der Waals surface area contributed by atoms with Gasteiger partial charge in [0.1, 0.15) is 5.82 Å². The standard InChI is InChI=1S/C17H21N5O3/c1-10-5-3-4-6-13(10)22-8-12-7-18-16(19-11(2)14(24)9-23)20-15(12)21-17(22)25/h3-7,11,14,23-24H,8-9H2,1-2H3,(H2,18,19,20,21,25)/t11?,14-/m0/s1. The van der Waals surface area contributed by atoms with E-state index in [1.54, 1.807) is 18.0 Å². The van der Waals surface area contributed by atoms with Crippen LogP contribution in [0.5, 0.6) is 0 Å². The van der Waals surface area contributed by atoms with Crippen LogP contribution in [-0.2, 0) is 6.54 Å². The summed E-state index contributed by atoms with van der Waals surface area (Å²) in [4.78, 5) is 22.6. The van der Waals surface area contributed by atoms with Crippen LogP contribution < -0.4 is 15.5 Å². The third-order valence-corrected chi connectivity index (χ3v) is 4.19. The third kappa shape index (κ3) is 3.54. The summed E-state index contributed by atoms with van der Waals surface area (Å²) < 4.78 is 0. The van der Waals surface area contributed by atoms with Crippen LogP contribution in [0.15, 0.2) is 30.5 Å². The second-order valence-corrected chi connectivity index (χ2v) is 6.05. The molecule has 0 spiro atoms. The van der Waals surface area contributed by atoms with Crippen molar-refractivity contribution in [2.45, 2.75) is 32.5 Å². The van der Waals surface area contributed by atoms with Crippen LogP contribution in [-0.4, -0.2) is 45.0 Å². The van der Waals surface area contributed by atoms with E-state index in [0.717, 1.165) is 16.8 Å². The Morgan fingerprint density at radius 1 is 1.40 bits per heavy atom. The monoisotopic (exact) mass is 343 g/mol. The van der Waals surface area contributed by atoms with Gasteiger partial charge in [0.25, 0.3) is 0 Å². The van der Waals surface area contributed by atoms with Gasteiger partial charge in [-0.15, -0.1) is 0 Å². The van der Waals surface area contributed by atoms with Gasteiger partial charge in [-0.05, 0) is 25.5 Å². The molecule has 2 atom stereocenters. The van der Waals surface area contributed by atoms with Gasteiger partial charge in [-0.25, -0.2) is 9.78 Å². The molecule has 0 bridgehead atoms. The van der Waals surface area contributed by atoms with Gasteiger partial charge in [0, 0.05) is 17.4 Å². The number of aliphatic hydroxyl groups is 2. The average Bonchev–Trinajstić information content (AvgIpc) is 2.61. The minimum Gasteiger partial charge on any atom is -0.394 e. The van der Waals surface area contributed by atoms with Gasteiger partial charge >= 0.3 is 6.03 Å².